The third-order valence-electron chi connectivity index (χ3n) is 4.75. The van der Waals surface area contributed by atoms with E-state index in [1.54, 1.807) is 0 Å². The molecule has 0 aliphatic carbocycles. The Morgan fingerprint density at radius 1 is 0.542 bits per heavy atom. The summed E-state index contributed by atoms with van der Waals surface area (Å²) in [6, 6.07) is 0. The van der Waals surface area contributed by atoms with E-state index in [1.165, 1.54) is 83.5 Å². The van der Waals surface area contributed by atoms with Gasteiger partial charge in [0.15, 0.2) is 0 Å². The molecule has 0 rings (SSSR count). The van der Waals surface area contributed by atoms with Crippen LogP contribution in [0.25, 0.3) is 0 Å². The van der Waals surface area contributed by atoms with Crippen molar-refractivity contribution >= 4 is 5.97 Å². The fraction of sp³-hybridized carbons (Fsp3) is 0.955. The van der Waals surface area contributed by atoms with Crippen LogP contribution in [0, 0.1) is 0 Å². The summed E-state index contributed by atoms with van der Waals surface area (Å²) in [5.74, 6) is -0.00172. The highest BCUT2D eigenvalue weighted by atomic mass is 16.5. The van der Waals surface area contributed by atoms with Crippen LogP contribution in [0.15, 0.2) is 0 Å². The Morgan fingerprint density at radius 3 is 1.38 bits per heavy atom. The molecule has 0 aliphatic heterocycles. The molecule has 2 heteroatoms. The van der Waals surface area contributed by atoms with Gasteiger partial charge in [0.25, 0.3) is 0 Å². The second-order valence-corrected chi connectivity index (χ2v) is 7.27. The Labute approximate surface area is 152 Å². The molecule has 0 saturated carbocycles. The zero-order chi connectivity index (χ0) is 17.7. The van der Waals surface area contributed by atoms with Gasteiger partial charge in [-0.1, -0.05) is 110 Å². The molecule has 0 radical (unpaired) electrons. The SMILES string of the molecule is CCCCCCCCCCCCCCCCOC(=O)CCCCC. The fourth-order valence-corrected chi connectivity index (χ4v) is 3.07. The van der Waals surface area contributed by atoms with Crippen molar-refractivity contribution in [3.05, 3.63) is 0 Å². The second kappa shape index (κ2) is 20.5. The fourth-order valence-electron chi connectivity index (χ4n) is 3.07. The summed E-state index contributed by atoms with van der Waals surface area (Å²) in [4.78, 5) is 11.4. The van der Waals surface area contributed by atoms with Crippen LogP contribution >= 0.6 is 0 Å². The number of unbranched alkanes of at least 4 members (excludes halogenated alkanes) is 15. The standard InChI is InChI=1S/C22H44O2/c1-3-5-7-8-9-10-11-12-13-14-15-16-17-19-21-24-22(23)20-18-6-4-2/h3-21H2,1-2H3. The molecule has 0 bridgehead atoms. The number of rotatable bonds is 19. The minimum atomic E-state index is -0.00172. The van der Waals surface area contributed by atoms with E-state index in [2.05, 4.69) is 13.8 Å². The van der Waals surface area contributed by atoms with Crippen LogP contribution < -0.4 is 0 Å². The Bertz CT molecular complexity index is 250. The van der Waals surface area contributed by atoms with Gasteiger partial charge in [0.1, 0.15) is 0 Å². The molecule has 2 nitrogen and oxygen atoms in total. The zero-order valence-corrected chi connectivity index (χ0v) is 16.8. The van der Waals surface area contributed by atoms with Gasteiger partial charge >= 0.3 is 5.97 Å². The maximum atomic E-state index is 11.4. The van der Waals surface area contributed by atoms with Crippen LogP contribution in [0.1, 0.15) is 129 Å². The van der Waals surface area contributed by atoms with Crippen molar-refractivity contribution in [3.63, 3.8) is 0 Å². The van der Waals surface area contributed by atoms with Crippen LogP contribution in [0.5, 0.6) is 0 Å². The number of carbonyl (C=O) groups is 1. The van der Waals surface area contributed by atoms with E-state index in [4.69, 9.17) is 4.74 Å². The van der Waals surface area contributed by atoms with E-state index in [9.17, 15) is 4.79 Å². The Morgan fingerprint density at radius 2 is 0.917 bits per heavy atom. The highest BCUT2D eigenvalue weighted by Gasteiger charge is 2.01. The van der Waals surface area contributed by atoms with Crippen molar-refractivity contribution in [1.29, 1.82) is 0 Å². The molecule has 24 heavy (non-hydrogen) atoms. The minimum Gasteiger partial charge on any atom is -0.466 e. The lowest BCUT2D eigenvalue weighted by molar-refractivity contribution is -0.143. The molecule has 0 aromatic heterocycles. The number of ether oxygens (including phenoxy) is 1. The highest BCUT2D eigenvalue weighted by Crippen LogP contribution is 2.13. The third-order valence-corrected chi connectivity index (χ3v) is 4.75. The number of esters is 1. The van der Waals surface area contributed by atoms with Gasteiger partial charge in [-0.3, -0.25) is 4.79 Å². The number of carbonyl (C=O) groups excluding carboxylic acids is 1. The monoisotopic (exact) mass is 340 g/mol. The molecule has 0 aromatic rings. The highest BCUT2D eigenvalue weighted by molar-refractivity contribution is 5.69. The van der Waals surface area contributed by atoms with Gasteiger partial charge in [0.2, 0.25) is 0 Å². The van der Waals surface area contributed by atoms with Crippen LogP contribution in [0.4, 0.5) is 0 Å². The Hall–Kier alpha value is -0.530. The molecule has 0 atom stereocenters. The zero-order valence-electron chi connectivity index (χ0n) is 16.8. The molecular weight excluding hydrogens is 296 g/mol. The van der Waals surface area contributed by atoms with Crippen LogP contribution in [0.2, 0.25) is 0 Å². The van der Waals surface area contributed by atoms with Gasteiger partial charge in [0, 0.05) is 6.42 Å². The maximum absolute atomic E-state index is 11.4. The van der Waals surface area contributed by atoms with E-state index in [-0.39, 0.29) is 5.97 Å². The van der Waals surface area contributed by atoms with Crippen LogP contribution in [-0.2, 0) is 9.53 Å². The number of hydrogen-bond donors (Lipinski definition) is 0. The molecule has 0 aromatic carbocycles. The normalized spacial score (nSPS) is 10.9. The lowest BCUT2D eigenvalue weighted by Crippen LogP contribution is -2.05. The second-order valence-electron chi connectivity index (χ2n) is 7.27. The van der Waals surface area contributed by atoms with E-state index >= 15 is 0 Å². The summed E-state index contributed by atoms with van der Waals surface area (Å²) < 4.78 is 5.26. The molecule has 0 spiro atoms. The predicted octanol–water partition coefficient (Wildman–Crippen LogP) is 7.59. The summed E-state index contributed by atoms with van der Waals surface area (Å²) in [7, 11) is 0. The van der Waals surface area contributed by atoms with E-state index < -0.39 is 0 Å². The van der Waals surface area contributed by atoms with Gasteiger partial charge in [-0.15, -0.1) is 0 Å². The van der Waals surface area contributed by atoms with Gasteiger partial charge in [-0.25, -0.2) is 0 Å². The smallest absolute Gasteiger partial charge is 0.305 e. The van der Waals surface area contributed by atoms with Crippen molar-refractivity contribution in [3.8, 4) is 0 Å². The van der Waals surface area contributed by atoms with Crippen molar-refractivity contribution in [1.82, 2.24) is 0 Å². The molecular formula is C22H44O2. The Balaban J connectivity index is 3.06. The average molecular weight is 341 g/mol. The maximum Gasteiger partial charge on any atom is 0.305 e. The van der Waals surface area contributed by atoms with Gasteiger partial charge in [0.05, 0.1) is 6.61 Å². The van der Waals surface area contributed by atoms with Crippen LogP contribution in [-0.4, -0.2) is 12.6 Å². The average Bonchev–Trinajstić information content (AvgIpc) is 2.58. The van der Waals surface area contributed by atoms with Gasteiger partial charge < -0.3 is 4.74 Å². The first-order valence-electron chi connectivity index (χ1n) is 11.0. The van der Waals surface area contributed by atoms with Crippen molar-refractivity contribution in [2.24, 2.45) is 0 Å². The first kappa shape index (κ1) is 23.5. The molecule has 0 heterocycles. The molecule has 0 unspecified atom stereocenters. The van der Waals surface area contributed by atoms with E-state index in [1.807, 2.05) is 0 Å². The molecule has 0 saturated heterocycles. The number of hydrogen-bond acceptors (Lipinski definition) is 2. The van der Waals surface area contributed by atoms with Crippen molar-refractivity contribution in [2.45, 2.75) is 129 Å². The predicted molar refractivity (Wildman–Crippen MR) is 105 cm³/mol. The van der Waals surface area contributed by atoms with E-state index in [0.717, 1.165) is 25.7 Å². The van der Waals surface area contributed by atoms with E-state index in [0.29, 0.717) is 13.0 Å². The first-order chi connectivity index (χ1) is 11.8. The molecule has 144 valence electrons. The summed E-state index contributed by atoms with van der Waals surface area (Å²) in [6.45, 7) is 5.06. The lowest BCUT2D eigenvalue weighted by atomic mass is 10.0. The Kier molecular flexibility index (Phi) is 20.1. The topological polar surface area (TPSA) is 26.3 Å². The summed E-state index contributed by atoms with van der Waals surface area (Å²) in [5, 5.41) is 0. The molecule has 0 N–H and O–H groups in total. The van der Waals surface area contributed by atoms with Gasteiger partial charge in [-0.05, 0) is 12.8 Å². The molecule has 0 amide bonds. The molecule has 0 aliphatic rings. The van der Waals surface area contributed by atoms with Crippen molar-refractivity contribution in [2.75, 3.05) is 6.61 Å². The third kappa shape index (κ3) is 19.5. The quantitative estimate of drug-likeness (QED) is 0.179. The van der Waals surface area contributed by atoms with Crippen molar-refractivity contribution < 1.29 is 9.53 Å². The van der Waals surface area contributed by atoms with Crippen LogP contribution in [0.3, 0.4) is 0 Å². The van der Waals surface area contributed by atoms with Gasteiger partial charge in [-0.2, -0.15) is 0 Å². The summed E-state index contributed by atoms with van der Waals surface area (Å²) in [6.07, 6.45) is 22.9. The lowest BCUT2D eigenvalue weighted by Gasteiger charge is -2.05. The largest absolute Gasteiger partial charge is 0.466 e. The molecule has 0 fully saturated rings. The first-order valence-corrected chi connectivity index (χ1v) is 11.0. The minimum absolute atomic E-state index is 0.00172. The summed E-state index contributed by atoms with van der Waals surface area (Å²) in [5.41, 5.74) is 0. The summed E-state index contributed by atoms with van der Waals surface area (Å²) >= 11 is 0.